The van der Waals surface area contributed by atoms with Gasteiger partial charge in [-0.25, -0.2) is 0 Å². The van der Waals surface area contributed by atoms with Gasteiger partial charge >= 0.3 is 0 Å². The van der Waals surface area contributed by atoms with Crippen LogP contribution in [0, 0.1) is 0 Å². The van der Waals surface area contributed by atoms with E-state index in [1.54, 1.807) is 4.90 Å². The summed E-state index contributed by atoms with van der Waals surface area (Å²) in [6, 6.07) is 17.8. The van der Waals surface area contributed by atoms with Crippen molar-refractivity contribution in [2.24, 2.45) is 0 Å². The summed E-state index contributed by atoms with van der Waals surface area (Å²) < 4.78 is 0. The summed E-state index contributed by atoms with van der Waals surface area (Å²) in [5, 5.41) is 1.10. The van der Waals surface area contributed by atoms with Crippen LogP contribution in [0.15, 0.2) is 60.8 Å². The summed E-state index contributed by atoms with van der Waals surface area (Å²) in [6.07, 6.45) is 1.95. The van der Waals surface area contributed by atoms with E-state index in [2.05, 4.69) is 11.1 Å². The molecular weight excluding hydrogens is 272 g/mol. The van der Waals surface area contributed by atoms with Crippen LogP contribution < -0.4 is 4.90 Å². The molecule has 1 heterocycles. The zero-order valence-electron chi connectivity index (χ0n) is 13.1. The molecule has 0 saturated carbocycles. The van der Waals surface area contributed by atoms with Gasteiger partial charge in [0.25, 0.3) is 0 Å². The molecule has 0 aliphatic carbocycles. The van der Waals surface area contributed by atoms with Gasteiger partial charge in [-0.3, -0.25) is 4.79 Å². The third-order valence-electron chi connectivity index (χ3n) is 4.25. The van der Waals surface area contributed by atoms with Crippen LogP contribution >= 0.6 is 0 Å². The van der Waals surface area contributed by atoms with E-state index in [1.807, 2.05) is 75.6 Å². The zero-order chi connectivity index (χ0) is 15.7. The highest BCUT2D eigenvalue weighted by Crippen LogP contribution is 2.32. The molecule has 3 aromatic rings. The van der Waals surface area contributed by atoms with E-state index >= 15 is 0 Å². The number of benzene rings is 2. The number of nitrogens with zero attached hydrogens (tertiary/aromatic N) is 1. The smallest absolute Gasteiger partial charge is 0.236 e. The van der Waals surface area contributed by atoms with Gasteiger partial charge in [-0.1, -0.05) is 36.4 Å². The van der Waals surface area contributed by atoms with Crippen LogP contribution in [0.1, 0.15) is 19.4 Å². The van der Waals surface area contributed by atoms with Gasteiger partial charge in [0.05, 0.1) is 5.41 Å². The molecule has 0 radical (unpaired) electrons. The quantitative estimate of drug-likeness (QED) is 0.775. The fourth-order valence-corrected chi connectivity index (χ4v) is 2.89. The van der Waals surface area contributed by atoms with Crippen molar-refractivity contribution in [3.8, 4) is 0 Å². The number of anilines is 1. The van der Waals surface area contributed by atoms with Gasteiger partial charge in [-0.15, -0.1) is 0 Å². The average molecular weight is 292 g/mol. The molecule has 112 valence electrons. The van der Waals surface area contributed by atoms with Crippen molar-refractivity contribution in [1.29, 1.82) is 0 Å². The molecule has 2 aromatic carbocycles. The molecule has 1 amide bonds. The fourth-order valence-electron chi connectivity index (χ4n) is 2.89. The zero-order valence-corrected chi connectivity index (χ0v) is 13.1. The molecule has 3 heteroatoms. The topological polar surface area (TPSA) is 36.1 Å². The lowest BCUT2D eigenvalue weighted by Gasteiger charge is -2.29. The summed E-state index contributed by atoms with van der Waals surface area (Å²) in [7, 11) is 1.83. The van der Waals surface area contributed by atoms with E-state index in [4.69, 9.17) is 0 Å². The van der Waals surface area contributed by atoms with Crippen LogP contribution in [0.3, 0.4) is 0 Å². The third-order valence-corrected chi connectivity index (χ3v) is 4.25. The summed E-state index contributed by atoms with van der Waals surface area (Å²) in [6.45, 7) is 3.95. The first-order valence-electron chi connectivity index (χ1n) is 7.41. The van der Waals surface area contributed by atoms with Crippen molar-refractivity contribution >= 4 is 22.5 Å². The van der Waals surface area contributed by atoms with Crippen LogP contribution in [-0.2, 0) is 10.2 Å². The molecule has 1 N–H and O–H groups in total. The van der Waals surface area contributed by atoms with Gasteiger partial charge in [-0.05, 0) is 37.6 Å². The summed E-state index contributed by atoms with van der Waals surface area (Å²) in [4.78, 5) is 18.0. The predicted molar refractivity (Wildman–Crippen MR) is 91.2 cm³/mol. The van der Waals surface area contributed by atoms with Gasteiger partial charge in [0.15, 0.2) is 0 Å². The molecular formula is C19H20N2O. The number of fused-ring (bicyclic) bond motifs is 1. The largest absolute Gasteiger partial charge is 0.361 e. The first kappa shape index (κ1) is 14.4. The Morgan fingerprint density at radius 2 is 1.64 bits per heavy atom. The monoisotopic (exact) mass is 292 g/mol. The van der Waals surface area contributed by atoms with Crippen molar-refractivity contribution in [3.05, 3.63) is 66.4 Å². The van der Waals surface area contributed by atoms with E-state index in [0.29, 0.717) is 0 Å². The Balaban J connectivity index is 2.00. The molecule has 0 aliphatic rings. The average Bonchev–Trinajstić information content (AvgIpc) is 2.99. The van der Waals surface area contributed by atoms with Crippen LogP contribution in [0.2, 0.25) is 0 Å². The summed E-state index contributed by atoms with van der Waals surface area (Å²) in [5.74, 6) is 0.0726. The number of hydrogen-bond donors (Lipinski definition) is 1. The lowest BCUT2D eigenvalue weighted by atomic mass is 9.83. The Morgan fingerprint density at radius 1 is 1.00 bits per heavy atom. The Morgan fingerprint density at radius 3 is 2.36 bits per heavy atom. The Bertz CT molecular complexity index is 802. The number of H-pyrrole nitrogens is 1. The van der Waals surface area contributed by atoms with E-state index in [-0.39, 0.29) is 5.91 Å². The summed E-state index contributed by atoms with van der Waals surface area (Å²) in [5.41, 5.74) is 2.38. The van der Waals surface area contributed by atoms with Gasteiger partial charge < -0.3 is 9.88 Å². The minimum absolute atomic E-state index is 0.0726. The second-order valence-electron chi connectivity index (χ2n) is 6.07. The van der Waals surface area contributed by atoms with Crippen LogP contribution in [-0.4, -0.2) is 17.9 Å². The minimum Gasteiger partial charge on any atom is -0.361 e. The highest BCUT2D eigenvalue weighted by Gasteiger charge is 2.34. The van der Waals surface area contributed by atoms with Crippen molar-refractivity contribution in [3.63, 3.8) is 0 Å². The van der Waals surface area contributed by atoms with E-state index in [9.17, 15) is 4.79 Å². The molecule has 0 fully saturated rings. The third kappa shape index (κ3) is 2.29. The number of rotatable bonds is 3. The number of likely N-dealkylation sites (N-methyl/N-ethyl adjacent to an activating group) is 1. The van der Waals surface area contributed by atoms with Gasteiger partial charge in [0.2, 0.25) is 5.91 Å². The molecule has 3 nitrogen and oxygen atoms in total. The number of hydrogen-bond acceptors (Lipinski definition) is 1. The van der Waals surface area contributed by atoms with E-state index in [1.165, 1.54) is 0 Å². The van der Waals surface area contributed by atoms with Gasteiger partial charge in [0.1, 0.15) is 0 Å². The SMILES string of the molecule is CN(C(=O)C(C)(C)c1c[nH]c2ccccc12)c1ccccc1. The van der Waals surface area contributed by atoms with E-state index in [0.717, 1.165) is 22.2 Å². The van der Waals surface area contributed by atoms with Gasteiger partial charge in [0, 0.05) is 29.8 Å². The Kier molecular flexibility index (Phi) is 3.49. The van der Waals surface area contributed by atoms with E-state index < -0.39 is 5.41 Å². The van der Waals surface area contributed by atoms with Crippen molar-refractivity contribution < 1.29 is 4.79 Å². The number of aromatic nitrogens is 1. The molecule has 0 spiro atoms. The maximum absolute atomic E-state index is 13.0. The first-order chi connectivity index (χ1) is 10.5. The second kappa shape index (κ2) is 5.34. The highest BCUT2D eigenvalue weighted by molar-refractivity contribution is 6.03. The lowest BCUT2D eigenvalue weighted by molar-refractivity contribution is -0.122. The summed E-state index contributed by atoms with van der Waals surface area (Å²) >= 11 is 0. The molecule has 1 aromatic heterocycles. The minimum atomic E-state index is -0.607. The Labute approximate surface area is 130 Å². The molecule has 0 aliphatic heterocycles. The van der Waals surface area contributed by atoms with Crippen molar-refractivity contribution in [2.75, 3.05) is 11.9 Å². The predicted octanol–water partition coefficient (Wildman–Crippen LogP) is 4.11. The Hall–Kier alpha value is -2.55. The maximum Gasteiger partial charge on any atom is 0.236 e. The highest BCUT2D eigenvalue weighted by atomic mass is 16.2. The number of carbonyl (C=O) groups is 1. The first-order valence-corrected chi connectivity index (χ1v) is 7.41. The lowest BCUT2D eigenvalue weighted by Crippen LogP contribution is -2.41. The van der Waals surface area contributed by atoms with Gasteiger partial charge in [-0.2, -0.15) is 0 Å². The fraction of sp³-hybridized carbons (Fsp3) is 0.211. The molecule has 0 saturated heterocycles. The molecule has 22 heavy (non-hydrogen) atoms. The number of nitrogens with one attached hydrogen (secondary N) is 1. The normalized spacial score (nSPS) is 11.6. The number of aromatic amines is 1. The molecule has 0 bridgehead atoms. The number of para-hydroxylation sites is 2. The van der Waals surface area contributed by atoms with Crippen LogP contribution in [0.4, 0.5) is 5.69 Å². The van der Waals surface area contributed by atoms with Crippen molar-refractivity contribution in [2.45, 2.75) is 19.3 Å². The van der Waals surface area contributed by atoms with Crippen LogP contribution in [0.5, 0.6) is 0 Å². The standard InChI is InChI=1S/C19H20N2O/c1-19(2,16-13-20-17-12-8-7-11-15(16)17)18(22)21(3)14-9-5-4-6-10-14/h4-13,20H,1-3H3. The molecule has 0 unspecified atom stereocenters. The number of amides is 1. The molecule has 3 rings (SSSR count). The van der Waals surface area contributed by atoms with Crippen LogP contribution in [0.25, 0.3) is 10.9 Å². The maximum atomic E-state index is 13.0. The van der Waals surface area contributed by atoms with Crippen molar-refractivity contribution in [1.82, 2.24) is 4.98 Å². The molecule has 0 atom stereocenters. The number of carbonyl (C=O) groups excluding carboxylic acids is 1. The second-order valence-corrected chi connectivity index (χ2v) is 6.07.